The summed E-state index contributed by atoms with van der Waals surface area (Å²) in [5, 5.41) is 8.74. The lowest BCUT2D eigenvalue weighted by molar-refractivity contribution is -0.136. The van der Waals surface area contributed by atoms with Gasteiger partial charge in [-0.05, 0) is 30.5 Å². The van der Waals surface area contributed by atoms with Gasteiger partial charge in [-0.1, -0.05) is 24.3 Å². The molecule has 0 aliphatic carbocycles. The predicted octanol–water partition coefficient (Wildman–Crippen LogP) is 1.94. The van der Waals surface area contributed by atoms with Crippen LogP contribution in [0.25, 0.3) is 6.08 Å². The van der Waals surface area contributed by atoms with Crippen LogP contribution in [0.5, 0.6) is 0 Å². The van der Waals surface area contributed by atoms with Gasteiger partial charge in [0.05, 0.1) is 11.7 Å². The maximum absolute atomic E-state index is 11.4. The lowest BCUT2D eigenvalue weighted by Gasteiger charge is -2.38. The van der Waals surface area contributed by atoms with Crippen LogP contribution < -0.4 is 4.31 Å². The van der Waals surface area contributed by atoms with Gasteiger partial charge in [-0.2, -0.15) is 0 Å². The lowest BCUT2D eigenvalue weighted by Crippen LogP contribution is -2.38. The zero-order valence-corrected chi connectivity index (χ0v) is 11.2. The molecule has 0 saturated carbocycles. The number of fused-ring (bicyclic) bond motifs is 1. The smallest absolute Gasteiger partial charge is 0.303 e. The average Bonchev–Trinajstić information content (AvgIpc) is 2.35. The SMILES string of the molecule is C[C@@H]1C(CCC(=O)O)=Cc2ccccc2N1S(=O)[O-]. The van der Waals surface area contributed by atoms with Crippen LogP contribution in [0.4, 0.5) is 5.69 Å². The third kappa shape index (κ3) is 2.85. The van der Waals surface area contributed by atoms with Gasteiger partial charge < -0.3 is 9.66 Å². The van der Waals surface area contributed by atoms with Gasteiger partial charge in [-0.3, -0.25) is 13.3 Å². The number of rotatable bonds is 4. The molecule has 0 amide bonds. The molecule has 0 radical (unpaired) electrons. The molecule has 6 heteroatoms. The second kappa shape index (κ2) is 5.54. The average molecular weight is 280 g/mol. The highest BCUT2D eigenvalue weighted by atomic mass is 32.2. The Morgan fingerprint density at radius 2 is 2.16 bits per heavy atom. The van der Waals surface area contributed by atoms with Crippen molar-refractivity contribution in [3.8, 4) is 0 Å². The summed E-state index contributed by atoms with van der Waals surface area (Å²) in [6, 6.07) is 6.81. The second-order valence-electron chi connectivity index (χ2n) is 4.39. The van der Waals surface area contributed by atoms with Crippen molar-refractivity contribution >= 4 is 29.0 Å². The first-order valence-electron chi connectivity index (χ1n) is 5.90. The number of carbonyl (C=O) groups is 1. The molecular formula is C13H14NO4S-. The summed E-state index contributed by atoms with van der Waals surface area (Å²) in [5.41, 5.74) is 2.23. The number of hydrogen-bond donors (Lipinski definition) is 1. The number of para-hydroxylation sites is 1. The maximum atomic E-state index is 11.4. The molecule has 1 heterocycles. The van der Waals surface area contributed by atoms with Gasteiger partial charge in [0, 0.05) is 17.7 Å². The van der Waals surface area contributed by atoms with E-state index >= 15 is 0 Å². The molecule has 2 atom stereocenters. The Morgan fingerprint density at radius 1 is 1.47 bits per heavy atom. The van der Waals surface area contributed by atoms with Gasteiger partial charge >= 0.3 is 5.97 Å². The monoisotopic (exact) mass is 280 g/mol. The molecule has 1 N–H and O–H groups in total. The van der Waals surface area contributed by atoms with E-state index in [2.05, 4.69) is 0 Å². The molecule has 2 rings (SSSR count). The van der Waals surface area contributed by atoms with E-state index in [9.17, 15) is 13.6 Å². The van der Waals surface area contributed by atoms with E-state index in [0.717, 1.165) is 11.1 Å². The zero-order chi connectivity index (χ0) is 14.0. The summed E-state index contributed by atoms with van der Waals surface area (Å²) in [7, 11) is 0. The van der Waals surface area contributed by atoms with Crippen LogP contribution >= 0.6 is 0 Å². The third-order valence-corrected chi connectivity index (χ3v) is 4.03. The van der Waals surface area contributed by atoms with Crippen molar-refractivity contribution in [2.45, 2.75) is 25.8 Å². The first-order valence-corrected chi connectivity index (χ1v) is 6.94. The van der Waals surface area contributed by atoms with E-state index in [0.29, 0.717) is 12.1 Å². The quantitative estimate of drug-likeness (QED) is 0.855. The summed E-state index contributed by atoms with van der Waals surface area (Å²) in [6.07, 6.45) is 2.22. The Hall–Kier alpha value is -1.66. The Bertz CT molecular complexity index is 555. The minimum atomic E-state index is -2.38. The molecule has 5 nitrogen and oxygen atoms in total. The molecule has 0 fully saturated rings. The molecule has 1 aliphatic heterocycles. The van der Waals surface area contributed by atoms with Gasteiger partial charge in [0.15, 0.2) is 0 Å². The standard InChI is InChI=1S/C13H15NO4S/c1-9-10(6-7-13(15)16)8-11-4-2-3-5-12(11)14(9)19(17)18/h2-5,8-9H,6-7H2,1H3,(H,15,16)(H,17,18)/p-1/t9-/m1/s1. The topological polar surface area (TPSA) is 80.7 Å². The van der Waals surface area contributed by atoms with Crippen molar-refractivity contribution in [3.63, 3.8) is 0 Å². The highest BCUT2D eigenvalue weighted by Gasteiger charge is 2.25. The Labute approximate surface area is 114 Å². The van der Waals surface area contributed by atoms with E-state index in [1.165, 1.54) is 4.31 Å². The fraction of sp³-hybridized carbons (Fsp3) is 0.308. The van der Waals surface area contributed by atoms with Crippen molar-refractivity contribution in [3.05, 3.63) is 35.4 Å². The van der Waals surface area contributed by atoms with Crippen LogP contribution in [-0.2, 0) is 16.1 Å². The number of aliphatic carboxylic acids is 1. The van der Waals surface area contributed by atoms with Crippen LogP contribution in [0.1, 0.15) is 25.3 Å². The summed E-state index contributed by atoms with van der Waals surface area (Å²) >= 11 is -2.38. The van der Waals surface area contributed by atoms with E-state index < -0.39 is 17.2 Å². The van der Waals surface area contributed by atoms with Gasteiger partial charge in [-0.15, -0.1) is 0 Å². The van der Waals surface area contributed by atoms with Gasteiger partial charge in [0.25, 0.3) is 0 Å². The van der Waals surface area contributed by atoms with Gasteiger partial charge in [0.2, 0.25) is 0 Å². The van der Waals surface area contributed by atoms with E-state index in [1.54, 1.807) is 19.1 Å². The fourth-order valence-electron chi connectivity index (χ4n) is 2.23. The number of anilines is 1. The number of carboxylic acids is 1. The minimum absolute atomic E-state index is 0.00231. The Morgan fingerprint density at radius 3 is 2.79 bits per heavy atom. The van der Waals surface area contributed by atoms with Crippen molar-refractivity contribution < 1.29 is 18.7 Å². The molecule has 0 bridgehead atoms. The zero-order valence-electron chi connectivity index (χ0n) is 10.4. The van der Waals surface area contributed by atoms with Crippen LogP contribution in [0.3, 0.4) is 0 Å². The number of hydrogen-bond acceptors (Lipinski definition) is 3. The van der Waals surface area contributed by atoms with Gasteiger partial charge in [0.1, 0.15) is 0 Å². The molecule has 19 heavy (non-hydrogen) atoms. The molecule has 0 spiro atoms. The highest BCUT2D eigenvalue weighted by molar-refractivity contribution is 7.80. The van der Waals surface area contributed by atoms with Crippen LogP contribution in [0, 0.1) is 0 Å². The third-order valence-electron chi connectivity index (χ3n) is 3.19. The number of nitrogens with zero attached hydrogens (tertiary/aromatic N) is 1. The lowest BCUT2D eigenvalue weighted by atomic mass is 9.95. The molecule has 0 aromatic heterocycles. The molecule has 1 aromatic rings. The van der Waals surface area contributed by atoms with Crippen molar-refractivity contribution in [1.82, 2.24) is 0 Å². The minimum Gasteiger partial charge on any atom is -0.755 e. The summed E-state index contributed by atoms with van der Waals surface area (Å²) in [6.45, 7) is 1.76. The Balaban J connectivity index is 2.39. The molecule has 1 aliphatic rings. The summed E-state index contributed by atoms with van der Waals surface area (Å²) in [5.74, 6) is -0.887. The maximum Gasteiger partial charge on any atom is 0.303 e. The Kier molecular flexibility index (Phi) is 4.01. The molecule has 0 saturated heterocycles. The van der Waals surface area contributed by atoms with E-state index in [4.69, 9.17) is 5.11 Å². The first kappa shape index (κ1) is 13.8. The van der Waals surface area contributed by atoms with Crippen LogP contribution in [-0.4, -0.2) is 25.9 Å². The van der Waals surface area contributed by atoms with Crippen LogP contribution in [0.2, 0.25) is 0 Å². The largest absolute Gasteiger partial charge is 0.755 e. The molecule has 1 aromatic carbocycles. The van der Waals surface area contributed by atoms with E-state index in [-0.39, 0.29) is 12.5 Å². The van der Waals surface area contributed by atoms with E-state index in [1.807, 2.05) is 18.2 Å². The number of benzene rings is 1. The molecular weight excluding hydrogens is 266 g/mol. The van der Waals surface area contributed by atoms with Crippen molar-refractivity contribution in [2.24, 2.45) is 0 Å². The van der Waals surface area contributed by atoms with Crippen LogP contribution in [0.15, 0.2) is 29.8 Å². The predicted molar refractivity (Wildman–Crippen MR) is 72.1 cm³/mol. The number of carboxylic acid groups (broad SMARTS) is 1. The normalized spacial score (nSPS) is 19.6. The van der Waals surface area contributed by atoms with Crippen molar-refractivity contribution in [1.29, 1.82) is 0 Å². The highest BCUT2D eigenvalue weighted by Crippen LogP contribution is 2.34. The summed E-state index contributed by atoms with van der Waals surface area (Å²) in [4.78, 5) is 10.6. The second-order valence-corrected chi connectivity index (χ2v) is 5.22. The molecule has 102 valence electrons. The van der Waals surface area contributed by atoms with Gasteiger partial charge in [-0.25, -0.2) is 0 Å². The summed E-state index contributed by atoms with van der Waals surface area (Å²) < 4.78 is 24.1. The van der Waals surface area contributed by atoms with Crippen molar-refractivity contribution in [2.75, 3.05) is 4.31 Å². The molecule has 1 unspecified atom stereocenters. The fourth-order valence-corrected chi connectivity index (χ4v) is 2.95. The first-order chi connectivity index (χ1) is 9.00.